The van der Waals surface area contributed by atoms with Crippen molar-refractivity contribution >= 4 is 11.8 Å². The second-order valence-corrected chi connectivity index (χ2v) is 3.56. The van der Waals surface area contributed by atoms with Crippen molar-refractivity contribution in [2.24, 2.45) is 9.98 Å². The quantitative estimate of drug-likeness (QED) is 0.615. The average molecular weight is 176 g/mol. The first-order valence-electron chi connectivity index (χ1n) is 4.01. The first kappa shape index (κ1) is 9.55. The van der Waals surface area contributed by atoms with E-state index in [9.17, 15) is 0 Å². The minimum atomic E-state index is -0.147. The molecule has 0 aliphatic carbocycles. The molecule has 0 spiro atoms. The van der Waals surface area contributed by atoms with Crippen molar-refractivity contribution in [1.82, 2.24) is 9.97 Å². The summed E-state index contributed by atoms with van der Waals surface area (Å²) in [5.41, 5.74) is -0.147. The van der Waals surface area contributed by atoms with E-state index in [1.54, 1.807) is 18.6 Å². The molecule has 4 nitrogen and oxygen atoms in total. The molecule has 0 saturated carbocycles. The van der Waals surface area contributed by atoms with Gasteiger partial charge in [0.1, 0.15) is 0 Å². The second-order valence-electron chi connectivity index (χ2n) is 3.56. The number of hydrogen-bond donors (Lipinski definition) is 0. The number of hydrogen-bond acceptors (Lipinski definition) is 4. The molecule has 0 atom stereocenters. The van der Waals surface area contributed by atoms with E-state index in [4.69, 9.17) is 0 Å². The standard InChI is InChI=1S/C9H12N4/c1-9(2,3)13-7-12-8-6-10-4-5-11-8/h4-6H,1-3H3. The molecular weight excluding hydrogens is 164 g/mol. The molecule has 0 aliphatic rings. The summed E-state index contributed by atoms with van der Waals surface area (Å²) in [4.78, 5) is 15.8. The lowest BCUT2D eigenvalue weighted by Crippen LogP contribution is -2.07. The van der Waals surface area contributed by atoms with E-state index in [1.807, 2.05) is 20.8 Å². The number of rotatable bonds is 1. The Bertz CT molecular complexity index is 317. The third-order valence-electron chi connectivity index (χ3n) is 1.10. The van der Waals surface area contributed by atoms with E-state index in [0.29, 0.717) is 5.82 Å². The summed E-state index contributed by atoms with van der Waals surface area (Å²) in [6.45, 7) is 5.94. The van der Waals surface area contributed by atoms with E-state index in [-0.39, 0.29) is 5.54 Å². The first-order valence-corrected chi connectivity index (χ1v) is 4.01. The molecule has 0 radical (unpaired) electrons. The maximum Gasteiger partial charge on any atom is 0.181 e. The lowest BCUT2D eigenvalue weighted by atomic mass is 10.1. The maximum atomic E-state index is 4.07. The SMILES string of the molecule is CC(C)(C)N=C=Nc1cnccn1. The van der Waals surface area contributed by atoms with Crippen LogP contribution in [-0.2, 0) is 0 Å². The number of nitrogens with zero attached hydrogens (tertiary/aromatic N) is 4. The van der Waals surface area contributed by atoms with Gasteiger partial charge in [-0.25, -0.2) is 9.98 Å². The van der Waals surface area contributed by atoms with E-state index in [2.05, 4.69) is 26.0 Å². The monoisotopic (exact) mass is 176 g/mol. The molecule has 0 amide bonds. The van der Waals surface area contributed by atoms with Crippen LogP contribution in [0.15, 0.2) is 28.6 Å². The molecule has 1 rings (SSSR count). The van der Waals surface area contributed by atoms with Crippen molar-refractivity contribution in [2.45, 2.75) is 26.3 Å². The van der Waals surface area contributed by atoms with Gasteiger partial charge in [-0.05, 0) is 20.8 Å². The Labute approximate surface area is 77.5 Å². The summed E-state index contributed by atoms with van der Waals surface area (Å²) < 4.78 is 0. The van der Waals surface area contributed by atoms with Crippen molar-refractivity contribution in [3.05, 3.63) is 18.6 Å². The molecule has 1 aromatic heterocycles. The highest BCUT2D eigenvalue weighted by atomic mass is 15.0. The summed E-state index contributed by atoms with van der Waals surface area (Å²) in [6.07, 6.45) is 4.74. The fourth-order valence-corrected chi connectivity index (χ4v) is 0.575. The van der Waals surface area contributed by atoms with Crippen molar-refractivity contribution in [3.63, 3.8) is 0 Å². The van der Waals surface area contributed by atoms with Crippen LogP contribution in [0, 0.1) is 0 Å². The third kappa shape index (κ3) is 4.13. The lowest BCUT2D eigenvalue weighted by Gasteiger charge is -2.06. The van der Waals surface area contributed by atoms with E-state index in [0.717, 1.165) is 0 Å². The van der Waals surface area contributed by atoms with Crippen LogP contribution in [0.25, 0.3) is 0 Å². The number of aromatic nitrogens is 2. The molecule has 0 saturated heterocycles. The average Bonchev–Trinajstić information content (AvgIpc) is 2.04. The molecule has 1 heterocycles. The van der Waals surface area contributed by atoms with Gasteiger partial charge < -0.3 is 0 Å². The summed E-state index contributed by atoms with van der Waals surface area (Å²) >= 11 is 0. The summed E-state index contributed by atoms with van der Waals surface area (Å²) in [6, 6.07) is 2.59. The van der Waals surface area contributed by atoms with Crippen molar-refractivity contribution < 1.29 is 0 Å². The minimum Gasteiger partial charge on any atom is -0.259 e. The second kappa shape index (κ2) is 3.92. The van der Waals surface area contributed by atoms with Gasteiger partial charge in [-0.1, -0.05) is 0 Å². The van der Waals surface area contributed by atoms with Gasteiger partial charge in [-0.2, -0.15) is 4.99 Å². The van der Waals surface area contributed by atoms with Gasteiger partial charge in [-0.15, -0.1) is 0 Å². The smallest absolute Gasteiger partial charge is 0.181 e. The Morgan fingerprint density at radius 3 is 2.62 bits per heavy atom. The fourth-order valence-electron chi connectivity index (χ4n) is 0.575. The van der Waals surface area contributed by atoms with Crippen LogP contribution < -0.4 is 0 Å². The van der Waals surface area contributed by atoms with E-state index >= 15 is 0 Å². The zero-order chi connectivity index (χ0) is 9.73. The Balaban J connectivity index is 2.75. The maximum absolute atomic E-state index is 4.07. The molecule has 0 unspecified atom stereocenters. The van der Waals surface area contributed by atoms with Gasteiger partial charge in [0.15, 0.2) is 5.82 Å². The van der Waals surface area contributed by atoms with Crippen LogP contribution in [0.2, 0.25) is 0 Å². The van der Waals surface area contributed by atoms with Crippen molar-refractivity contribution in [1.29, 1.82) is 0 Å². The zero-order valence-corrected chi connectivity index (χ0v) is 8.02. The fraction of sp³-hybridized carbons (Fsp3) is 0.444. The highest BCUT2D eigenvalue weighted by Crippen LogP contribution is 2.05. The predicted octanol–water partition coefficient (Wildman–Crippen LogP) is 2.08. The zero-order valence-electron chi connectivity index (χ0n) is 8.02. The molecule has 0 fully saturated rings. The largest absolute Gasteiger partial charge is 0.259 e. The Hall–Kier alpha value is -1.54. The molecule has 0 N–H and O–H groups in total. The topological polar surface area (TPSA) is 50.5 Å². The van der Waals surface area contributed by atoms with Crippen molar-refractivity contribution in [3.8, 4) is 0 Å². The van der Waals surface area contributed by atoms with Gasteiger partial charge in [0.05, 0.1) is 17.7 Å². The Kier molecular flexibility index (Phi) is 2.88. The van der Waals surface area contributed by atoms with Gasteiger partial charge in [-0.3, -0.25) is 4.98 Å². The van der Waals surface area contributed by atoms with Gasteiger partial charge in [0.25, 0.3) is 0 Å². The molecule has 0 aliphatic heterocycles. The lowest BCUT2D eigenvalue weighted by molar-refractivity contribution is 0.587. The summed E-state index contributed by atoms with van der Waals surface area (Å²) in [5, 5.41) is 0. The third-order valence-corrected chi connectivity index (χ3v) is 1.10. The van der Waals surface area contributed by atoms with Crippen LogP contribution in [0.3, 0.4) is 0 Å². The van der Waals surface area contributed by atoms with Crippen LogP contribution in [0.5, 0.6) is 0 Å². The Morgan fingerprint density at radius 2 is 2.08 bits per heavy atom. The molecule has 1 aromatic rings. The molecule has 4 heteroatoms. The summed E-state index contributed by atoms with van der Waals surface area (Å²) in [7, 11) is 0. The molecule has 13 heavy (non-hydrogen) atoms. The highest BCUT2D eigenvalue weighted by Gasteiger charge is 2.04. The number of aliphatic imine (C=N–C) groups is 2. The van der Waals surface area contributed by atoms with Gasteiger partial charge >= 0.3 is 0 Å². The Morgan fingerprint density at radius 1 is 1.31 bits per heavy atom. The first-order chi connectivity index (χ1) is 6.08. The van der Waals surface area contributed by atoms with Crippen molar-refractivity contribution in [2.75, 3.05) is 0 Å². The van der Waals surface area contributed by atoms with Crippen LogP contribution in [-0.4, -0.2) is 21.5 Å². The minimum absolute atomic E-state index is 0.147. The molecule has 0 aromatic carbocycles. The normalized spacial score (nSPS) is 10.4. The van der Waals surface area contributed by atoms with Gasteiger partial charge in [0.2, 0.25) is 0 Å². The molecular formula is C9H12N4. The molecule has 0 bridgehead atoms. The van der Waals surface area contributed by atoms with Crippen LogP contribution >= 0.6 is 0 Å². The van der Waals surface area contributed by atoms with Crippen LogP contribution in [0.4, 0.5) is 5.82 Å². The van der Waals surface area contributed by atoms with E-state index in [1.165, 1.54) is 0 Å². The van der Waals surface area contributed by atoms with Crippen LogP contribution in [0.1, 0.15) is 20.8 Å². The van der Waals surface area contributed by atoms with Gasteiger partial charge in [0, 0.05) is 12.4 Å². The predicted molar refractivity (Wildman–Crippen MR) is 51.3 cm³/mol. The molecule has 68 valence electrons. The highest BCUT2D eigenvalue weighted by molar-refractivity contribution is 5.48. The summed E-state index contributed by atoms with van der Waals surface area (Å²) in [5.74, 6) is 0.524. The van der Waals surface area contributed by atoms with E-state index < -0.39 is 0 Å².